The van der Waals surface area contributed by atoms with E-state index in [9.17, 15) is 0 Å². The third kappa shape index (κ3) is 4.36. The Bertz CT molecular complexity index is 534. The van der Waals surface area contributed by atoms with Gasteiger partial charge in [0.05, 0.1) is 12.8 Å². The second-order valence-corrected chi connectivity index (χ2v) is 5.39. The quantitative estimate of drug-likeness (QED) is 0.740. The van der Waals surface area contributed by atoms with Gasteiger partial charge in [0.25, 0.3) is 0 Å². The summed E-state index contributed by atoms with van der Waals surface area (Å²) < 4.78 is 5.46. The topological polar surface area (TPSA) is 28.4 Å². The molecule has 2 aromatic rings. The molecule has 0 aliphatic heterocycles. The molecular formula is C18H26N2O. The molecule has 0 saturated heterocycles. The summed E-state index contributed by atoms with van der Waals surface area (Å²) in [5.41, 5.74) is 3.95. The predicted molar refractivity (Wildman–Crippen MR) is 88.6 cm³/mol. The lowest BCUT2D eigenvalue weighted by atomic mass is 10.1. The molecule has 2 rings (SSSR count). The van der Waals surface area contributed by atoms with E-state index in [-0.39, 0.29) is 0 Å². The van der Waals surface area contributed by atoms with E-state index in [0.29, 0.717) is 0 Å². The Morgan fingerprint density at radius 3 is 2.67 bits per heavy atom. The standard InChI is InChI=1S/C18H26N2O/c1-4-10-19-13-16-8-9-18(15(3)12-16)20(5-2)14-17-7-6-11-21-17/h6-9,11-12,19H,4-5,10,13-14H2,1-3H3. The van der Waals surface area contributed by atoms with Gasteiger partial charge in [0, 0.05) is 18.8 Å². The number of hydrogen-bond acceptors (Lipinski definition) is 3. The molecule has 0 saturated carbocycles. The van der Waals surface area contributed by atoms with Gasteiger partial charge in [-0.05, 0) is 56.1 Å². The van der Waals surface area contributed by atoms with Crippen molar-refractivity contribution >= 4 is 5.69 Å². The maximum Gasteiger partial charge on any atom is 0.123 e. The van der Waals surface area contributed by atoms with E-state index in [1.54, 1.807) is 6.26 Å². The number of hydrogen-bond donors (Lipinski definition) is 1. The van der Waals surface area contributed by atoms with Crippen LogP contribution < -0.4 is 10.2 Å². The van der Waals surface area contributed by atoms with E-state index >= 15 is 0 Å². The van der Waals surface area contributed by atoms with Crippen molar-refractivity contribution in [2.45, 2.75) is 40.3 Å². The first-order chi connectivity index (χ1) is 10.2. The fraction of sp³-hybridized carbons (Fsp3) is 0.444. The van der Waals surface area contributed by atoms with E-state index in [1.165, 1.54) is 23.2 Å². The van der Waals surface area contributed by atoms with Gasteiger partial charge in [-0.25, -0.2) is 0 Å². The van der Waals surface area contributed by atoms with Crippen LogP contribution in [0.15, 0.2) is 41.0 Å². The molecule has 1 heterocycles. The Hall–Kier alpha value is -1.74. The second kappa shape index (κ2) is 7.89. The van der Waals surface area contributed by atoms with Crippen molar-refractivity contribution in [3.63, 3.8) is 0 Å². The lowest BCUT2D eigenvalue weighted by Gasteiger charge is -2.24. The Labute approximate surface area is 128 Å². The minimum absolute atomic E-state index is 0.817. The van der Waals surface area contributed by atoms with Gasteiger partial charge in [0.15, 0.2) is 0 Å². The molecule has 0 fully saturated rings. The predicted octanol–water partition coefficient (Wildman–Crippen LogP) is 4.11. The number of anilines is 1. The van der Waals surface area contributed by atoms with Gasteiger partial charge in [0.1, 0.15) is 5.76 Å². The zero-order chi connectivity index (χ0) is 15.1. The summed E-state index contributed by atoms with van der Waals surface area (Å²) in [7, 11) is 0. The highest BCUT2D eigenvalue weighted by molar-refractivity contribution is 5.54. The summed E-state index contributed by atoms with van der Waals surface area (Å²) in [6.45, 7) is 10.4. The monoisotopic (exact) mass is 286 g/mol. The van der Waals surface area contributed by atoms with Gasteiger partial charge < -0.3 is 14.6 Å². The summed E-state index contributed by atoms with van der Waals surface area (Å²) in [6, 6.07) is 10.7. The molecule has 1 aromatic heterocycles. The lowest BCUT2D eigenvalue weighted by molar-refractivity contribution is 0.503. The smallest absolute Gasteiger partial charge is 0.123 e. The number of furan rings is 1. The number of aryl methyl sites for hydroxylation is 1. The molecule has 1 aromatic carbocycles. The average Bonchev–Trinajstić information content (AvgIpc) is 2.99. The second-order valence-electron chi connectivity index (χ2n) is 5.39. The van der Waals surface area contributed by atoms with E-state index in [1.807, 2.05) is 12.1 Å². The molecule has 0 bridgehead atoms. The van der Waals surface area contributed by atoms with Crippen LogP contribution in [0, 0.1) is 6.92 Å². The Balaban J connectivity index is 2.07. The molecule has 0 amide bonds. The first-order valence-electron chi connectivity index (χ1n) is 7.82. The SMILES string of the molecule is CCCNCc1ccc(N(CC)Cc2ccco2)c(C)c1. The molecule has 1 N–H and O–H groups in total. The van der Waals surface area contributed by atoms with E-state index in [2.05, 4.69) is 49.2 Å². The largest absolute Gasteiger partial charge is 0.467 e. The molecule has 0 unspecified atom stereocenters. The van der Waals surface area contributed by atoms with Crippen LogP contribution in [-0.2, 0) is 13.1 Å². The zero-order valence-corrected chi connectivity index (χ0v) is 13.4. The summed E-state index contributed by atoms with van der Waals surface area (Å²) in [4.78, 5) is 2.34. The number of nitrogens with zero attached hydrogens (tertiary/aromatic N) is 1. The molecule has 0 spiro atoms. The van der Waals surface area contributed by atoms with Crippen molar-refractivity contribution in [3.05, 3.63) is 53.5 Å². The van der Waals surface area contributed by atoms with Crippen LogP contribution in [0.3, 0.4) is 0 Å². The first-order valence-corrected chi connectivity index (χ1v) is 7.82. The van der Waals surface area contributed by atoms with Crippen molar-refractivity contribution in [3.8, 4) is 0 Å². The van der Waals surface area contributed by atoms with Crippen molar-refractivity contribution < 1.29 is 4.42 Å². The Morgan fingerprint density at radius 1 is 1.19 bits per heavy atom. The van der Waals surface area contributed by atoms with Gasteiger partial charge >= 0.3 is 0 Å². The van der Waals surface area contributed by atoms with Gasteiger partial charge in [-0.3, -0.25) is 0 Å². The minimum atomic E-state index is 0.817. The third-order valence-electron chi connectivity index (χ3n) is 3.67. The zero-order valence-electron chi connectivity index (χ0n) is 13.4. The summed E-state index contributed by atoms with van der Waals surface area (Å²) >= 11 is 0. The molecular weight excluding hydrogens is 260 g/mol. The molecule has 21 heavy (non-hydrogen) atoms. The summed E-state index contributed by atoms with van der Waals surface area (Å²) in [5.74, 6) is 1.00. The third-order valence-corrected chi connectivity index (χ3v) is 3.67. The minimum Gasteiger partial charge on any atom is -0.467 e. The molecule has 0 atom stereocenters. The van der Waals surface area contributed by atoms with Crippen molar-refractivity contribution in [2.75, 3.05) is 18.0 Å². The van der Waals surface area contributed by atoms with Crippen LogP contribution in [0.2, 0.25) is 0 Å². The summed E-state index contributed by atoms with van der Waals surface area (Å²) in [6.07, 6.45) is 2.91. The molecule has 3 nitrogen and oxygen atoms in total. The van der Waals surface area contributed by atoms with Crippen LogP contribution >= 0.6 is 0 Å². The van der Waals surface area contributed by atoms with Gasteiger partial charge in [0.2, 0.25) is 0 Å². The van der Waals surface area contributed by atoms with Gasteiger partial charge in [-0.2, -0.15) is 0 Å². The van der Waals surface area contributed by atoms with Crippen molar-refractivity contribution in [1.29, 1.82) is 0 Å². The average molecular weight is 286 g/mol. The fourth-order valence-electron chi connectivity index (χ4n) is 2.55. The van der Waals surface area contributed by atoms with Crippen molar-refractivity contribution in [2.24, 2.45) is 0 Å². The van der Waals surface area contributed by atoms with Crippen LogP contribution in [0.25, 0.3) is 0 Å². The molecule has 3 heteroatoms. The van der Waals surface area contributed by atoms with Crippen LogP contribution in [-0.4, -0.2) is 13.1 Å². The van der Waals surface area contributed by atoms with Gasteiger partial charge in [-0.1, -0.05) is 19.1 Å². The molecule has 114 valence electrons. The van der Waals surface area contributed by atoms with Gasteiger partial charge in [-0.15, -0.1) is 0 Å². The highest BCUT2D eigenvalue weighted by atomic mass is 16.3. The Morgan fingerprint density at radius 2 is 2.05 bits per heavy atom. The van der Waals surface area contributed by atoms with Crippen LogP contribution in [0.5, 0.6) is 0 Å². The summed E-state index contributed by atoms with van der Waals surface area (Å²) in [5, 5.41) is 3.45. The lowest BCUT2D eigenvalue weighted by Crippen LogP contribution is -2.22. The highest BCUT2D eigenvalue weighted by Gasteiger charge is 2.10. The number of nitrogens with one attached hydrogen (secondary N) is 1. The molecule has 0 aliphatic rings. The fourth-order valence-corrected chi connectivity index (χ4v) is 2.55. The van der Waals surface area contributed by atoms with Crippen LogP contribution in [0.4, 0.5) is 5.69 Å². The normalized spacial score (nSPS) is 10.8. The number of rotatable bonds is 8. The first kappa shape index (κ1) is 15.6. The van der Waals surface area contributed by atoms with E-state index in [4.69, 9.17) is 4.42 Å². The number of benzene rings is 1. The maximum atomic E-state index is 5.46. The maximum absolute atomic E-state index is 5.46. The highest BCUT2D eigenvalue weighted by Crippen LogP contribution is 2.23. The molecule has 0 aliphatic carbocycles. The molecule has 0 radical (unpaired) electrons. The van der Waals surface area contributed by atoms with Crippen LogP contribution in [0.1, 0.15) is 37.2 Å². The van der Waals surface area contributed by atoms with E-state index in [0.717, 1.165) is 31.9 Å². The van der Waals surface area contributed by atoms with Crippen molar-refractivity contribution in [1.82, 2.24) is 5.32 Å². The van der Waals surface area contributed by atoms with E-state index < -0.39 is 0 Å². The Kier molecular flexibility index (Phi) is 5.88.